The molecule has 1 N–H and O–H groups in total. The number of aryl methyl sites for hydroxylation is 1. The van der Waals surface area contributed by atoms with Gasteiger partial charge in [-0.2, -0.15) is 4.31 Å². The number of amides is 1. The summed E-state index contributed by atoms with van der Waals surface area (Å²) in [4.78, 5) is 18.9. The van der Waals surface area contributed by atoms with Crippen molar-refractivity contribution in [2.24, 2.45) is 0 Å². The number of aliphatic hydroxyl groups is 1. The second-order valence-electron chi connectivity index (χ2n) is 8.49. The SMILES string of the molecule is Cc1ccc([C@@H](CO)C(=O)N2CC3=C(C2)CN(S(=O)(=O)c2cnc4c(c2)OCCO4)C3)cc1. The number of carbonyl (C=O) groups excluding carboxylic acids is 1. The Morgan fingerprint density at radius 2 is 1.76 bits per heavy atom. The highest BCUT2D eigenvalue weighted by atomic mass is 32.2. The fraction of sp³-hybridized carbons (Fsp3) is 0.391. The maximum Gasteiger partial charge on any atom is 0.257 e. The number of carbonyl (C=O) groups is 1. The third-order valence-electron chi connectivity index (χ3n) is 6.28. The molecule has 9 nitrogen and oxygen atoms in total. The van der Waals surface area contributed by atoms with Crippen LogP contribution in [0.4, 0.5) is 0 Å². The van der Waals surface area contributed by atoms with Gasteiger partial charge in [0.15, 0.2) is 5.75 Å². The predicted molar refractivity (Wildman–Crippen MR) is 119 cm³/mol. The highest BCUT2D eigenvalue weighted by Crippen LogP contribution is 2.34. The zero-order valence-corrected chi connectivity index (χ0v) is 19.0. The summed E-state index contributed by atoms with van der Waals surface area (Å²) in [6.45, 7) is 3.60. The first-order valence-corrected chi connectivity index (χ1v) is 12.2. The number of sulfonamides is 1. The Hall–Kier alpha value is -2.95. The standard InChI is InChI=1S/C23H25N3O6S/c1-15-2-4-16(5-3-15)20(14-27)23(28)25-10-17-12-26(13-18(17)11-25)33(29,30)19-8-21-22(24-9-19)32-7-6-31-21/h2-5,8-9,20,27H,6-7,10-14H2,1H3/t20-/m1/s1. The second-order valence-corrected chi connectivity index (χ2v) is 10.4. The van der Waals surface area contributed by atoms with Gasteiger partial charge in [-0.25, -0.2) is 13.4 Å². The van der Waals surface area contributed by atoms with Crippen molar-refractivity contribution >= 4 is 15.9 Å². The quantitative estimate of drug-likeness (QED) is 0.650. The minimum atomic E-state index is -3.77. The van der Waals surface area contributed by atoms with E-state index >= 15 is 0 Å². The summed E-state index contributed by atoms with van der Waals surface area (Å²) in [6.07, 6.45) is 1.29. The van der Waals surface area contributed by atoms with Crippen LogP contribution in [0.25, 0.3) is 0 Å². The molecule has 0 radical (unpaired) electrons. The predicted octanol–water partition coefficient (Wildman–Crippen LogP) is 1.08. The van der Waals surface area contributed by atoms with Crippen LogP contribution in [0.5, 0.6) is 11.6 Å². The maximum atomic E-state index is 13.2. The molecule has 174 valence electrons. The monoisotopic (exact) mass is 471 g/mol. The number of ether oxygens (including phenoxy) is 2. The highest BCUT2D eigenvalue weighted by molar-refractivity contribution is 7.89. The van der Waals surface area contributed by atoms with Crippen molar-refractivity contribution in [3.05, 3.63) is 58.8 Å². The van der Waals surface area contributed by atoms with Gasteiger partial charge >= 0.3 is 0 Å². The molecule has 5 rings (SSSR count). The lowest BCUT2D eigenvalue weighted by Crippen LogP contribution is -2.39. The van der Waals surface area contributed by atoms with Crippen LogP contribution in [0.1, 0.15) is 17.0 Å². The zero-order valence-electron chi connectivity index (χ0n) is 18.2. The largest absolute Gasteiger partial charge is 0.484 e. The first-order valence-electron chi connectivity index (χ1n) is 10.8. The zero-order chi connectivity index (χ0) is 23.2. The van der Waals surface area contributed by atoms with E-state index in [1.807, 2.05) is 31.2 Å². The lowest BCUT2D eigenvalue weighted by molar-refractivity contribution is -0.132. The number of aliphatic hydroxyl groups excluding tert-OH is 1. The molecule has 1 aromatic carbocycles. The van der Waals surface area contributed by atoms with E-state index in [1.54, 1.807) is 4.90 Å². The summed E-state index contributed by atoms with van der Waals surface area (Å²) >= 11 is 0. The number of hydrogen-bond acceptors (Lipinski definition) is 7. The fourth-order valence-electron chi connectivity index (χ4n) is 4.42. The Labute approximate surface area is 192 Å². The molecule has 2 aromatic rings. The summed E-state index contributed by atoms with van der Waals surface area (Å²) in [7, 11) is -3.77. The van der Waals surface area contributed by atoms with E-state index in [9.17, 15) is 18.3 Å². The van der Waals surface area contributed by atoms with Gasteiger partial charge in [0.25, 0.3) is 5.88 Å². The number of rotatable bonds is 5. The molecule has 33 heavy (non-hydrogen) atoms. The number of pyridine rings is 1. The molecule has 3 aliphatic rings. The summed E-state index contributed by atoms with van der Waals surface area (Å²) in [6, 6.07) is 9.01. The van der Waals surface area contributed by atoms with Gasteiger partial charge in [-0.3, -0.25) is 4.79 Å². The number of aromatic nitrogens is 1. The average molecular weight is 472 g/mol. The molecule has 1 atom stereocenters. The third-order valence-corrected chi connectivity index (χ3v) is 8.04. The molecular weight excluding hydrogens is 446 g/mol. The van der Waals surface area contributed by atoms with Crippen LogP contribution in [-0.4, -0.2) is 79.6 Å². The molecule has 0 spiro atoms. The topological polar surface area (TPSA) is 109 Å². The molecule has 1 amide bonds. The minimum absolute atomic E-state index is 0.0561. The number of hydrogen-bond donors (Lipinski definition) is 1. The number of fused-ring (bicyclic) bond motifs is 1. The third kappa shape index (κ3) is 3.98. The first kappa shape index (κ1) is 21.9. The number of nitrogens with zero attached hydrogens (tertiary/aromatic N) is 3. The van der Waals surface area contributed by atoms with Crippen LogP contribution in [0.3, 0.4) is 0 Å². The first-order chi connectivity index (χ1) is 15.9. The van der Waals surface area contributed by atoms with E-state index in [4.69, 9.17) is 9.47 Å². The van der Waals surface area contributed by atoms with Crippen molar-refractivity contribution in [1.82, 2.24) is 14.2 Å². The van der Waals surface area contributed by atoms with Crippen LogP contribution in [-0.2, 0) is 14.8 Å². The molecule has 10 heteroatoms. The van der Waals surface area contributed by atoms with Gasteiger partial charge in [0.1, 0.15) is 18.1 Å². The highest BCUT2D eigenvalue weighted by Gasteiger charge is 2.39. The van der Waals surface area contributed by atoms with Crippen molar-refractivity contribution in [2.45, 2.75) is 17.7 Å². The summed E-state index contributed by atoms with van der Waals surface area (Å²) in [5, 5.41) is 9.87. The minimum Gasteiger partial charge on any atom is -0.484 e. The molecule has 0 fully saturated rings. The van der Waals surface area contributed by atoms with Crippen molar-refractivity contribution in [3.8, 4) is 11.6 Å². The van der Waals surface area contributed by atoms with E-state index < -0.39 is 15.9 Å². The van der Waals surface area contributed by atoms with E-state index in [0.29, 0.717) is 37.9 Å². The van der Waals surface area contributed by atoms with Crippen LogP contribution in [0, 0.1) is 6.92 Å². The second kappa shape index (κ2) is 8.44. The molecule has 0 unspecified atom stereocenters. The van der Waals surface area contributed by atoms with Gasteiger partial charge in [0.2, 0.25) is 15.9 Å². The molecule has 3 aliphatic heterocycles. The molecule has 0 saturated heterocycles. The fourth-order valence-corrected chi connectivity index (χ4v) is 5.81. The molecule has 1 aromatic heterocycles. The molecule has 4 heterocycles. The van der Waals surface area contributed by atoms with Gasteiger partial charge in [0.05, 0.1) is 18.7 Å². The molecule has 0 aliphatic carbocycles. The average Bonchev–Trinajstić information content (AvgIpc) is 3.40. The van der Waals surface area contributed by atoms with Crippen molar-refractivity contribution in [3.63, 3.8) is 0 Å². The van der Waals surface area contributed by atoms with E-state index in [1.165, 1.54) is 16.6 Å². The Morgan fingerprint density at radius 1 is 1.09 bits per heavy atom. The normalized spacial score (nSPS) is 19.0. The summed E-state index contributed by atoms with van der Waals surface area (Å²) in [5.41, 5.74) is 3.71. The van der Waals surface area contributed by atoms with Crippen LogP contribution in [0.15, 0.2) is 52.6 Å². The maximum absolute atomic E-state index is 13.2. The summed E-state index contributed by atoms with van der Waals surface area (Å²) < 4.78 is 38.6. The Balaban J connectivity index is 1.26. The van der Waals surface area contributed by atoms with Gasteiger partial charge in [-0.1, -0.05) is 29.8 Å². The van der Waals surface area contributed by atoms with Crippen LogP contribution in [0.2, 0.25) is 0 Å². The Kier molecular flexibility index (Phi) is 5.59. The van der Waals surface area contributed by atoms with Crippen molar-refractivity contribution in [2.75, 3.05) is 46.0 Å². The molecular formula is C23H25N3O6S. The van der Waals surface area contributed by atoms with Gasteiger partial charge in [-0.15, -0.1) is 0 Å². The van der Waals surface area contributed by atoms with E-state index in [2.05, 4.69) is 4.98 Å². The number of benzene rings is 1. The molecule has 0 saturated carbocycles. The van der Waals surface area contributed by atoms with Crippen LogP contribution < -0.4 is 9.47 Å². The smallest absolute Gasteiger partial charge is 0.257 e. The van der Waals surface area contributed by atoms with E-state index in [-0.39, 0.29) is 30.5 Å². The van der Waals surface area contributed by atoms with Crippen molar-refractivity contribution in [1.29, 1.82) is 0 Å². The van der Waals surface area contributed by atoms with Gasteiger partial charge < -0.3 is 19.5 Å². The Morgan fingerprint density at radius 3 is 2.42 bits per heavy atom. The molecule has 0 bridgehead atoms. The lowest BCUT2D eigenvalue weighted by atomic mass is 9.97. The Bertz CT molecular complexity index is 1210. The summed E-state index contributed by atoms with van der Waals surface area (Å²) in [5.74, 6) is -0.163. The van der Waals surface area contributed by atoms with E-state index in [0.717, 1.165) is 22.3 Å². The van der Waals surface area contributed by atoms with Gasteiger partial charge in [0, 0.05) is 32.2 Å². The lowest BCUT2D eigenvalue weighted by Gasteiger charge is -2.26. The van der Waals surface area contributed by atoms with Crippen molar-refractivity contribution < 1.29 is 27.8 Å². The van der Waals surface area contributed by atoms with Gasteiger partial charge in [-0.05, 0) is 23.6 Å². The van der Waals surface area contributed by atoms with Crippen LogP contribution >= 0.6 is 0 Å².